The van der Waals surface area contributed by atoms with Crippen molar-refractivity contribution in [2.75, 3.05) is 7.11 Å². The molecule has 0 aromatic rings. The minimum absolute atomic E-state index is 0.182. The summed E-state index contributed by atoms with van der Waals surface area (Å²) in [6.07, 6.45) is 4.73. The normalized spacial score (nSPS) is 27.4. The summed E-state index contributed by atoms with van der Waals surface area (Å²) in [7, 11) is 1.26. The molecule has 120 valence electrons. The Hall–Kier alpha value is -1.62. The monoisotopic (exact) mass is 298 g/mol. The van der Waals surface area contributed by atoms with Gasteiger partial charge in [-0.05, 0) is 33.1 Å². The maximum absolute atomic E-state index is 11.6. The zero-order valence-electron chi connectivity index (χ0n) is 13.3. The van der Waals surface area contributed by atoms with E-state index in [4.69, 9.17) is 4.74 Å². The van der Waals surface area contributed by atoms with Gasteiger partial charge in [0.2, 0.25) is 0 Å². The number of carboxylic acids is 2. The summed E-state index contributed by atoms with van der Waals surface area (Å²) >= 11 is 0. The average Bonchev–Trinajstić information content (AvgIpc) is 2.38. The fraction of sp³-hybridized carbons (Fsp3) is 0.625. The summed E-state index contributed by atoms with van der Waals surface area (Å²) in [5, 5.41) is 18.8. The van der Waals surface area contributed by atoms with Gasteiger partial charge in [0.05, 0.1) is 0 Å². The molecule has 0 saturated heterocycles. The third-order valence-corrected chi connectivity index (χ3v) is 3.51. The lowest BCUT2D eigenvalue weighted by Crippen LogP contribution is -2.59. The summed E-state index contributed by atoms with van der Waals surface area (Å²) < 4.78 is 5.14. The molecule has 21 heavy (non-hydrogen) atoms. The first-order valence-corrected chi connectivity index (χ1v) is 7.02. The third-order valence-electron chi connectivity index (χ3n) is 3.51. The topological polar surface area (TPSA) is 83.8 Å². The number of hydrogen-bond donors (Lipinski definition) is 2. The second-order valence-electron chi connectivity index (χ2n) is 5.51. The first kappa shape index (κ1) is 19.4. The fourth-order valence-corrected chi connectivity index (χ4v) is 2.63. The van der Waals surface area contributed by atoms with E-state index in [1.165, 1.54) is 18.8 Å². The van der Waals surface area contributed by atoms with Crippen molar-refractivity contribution >= 4 is 11.9 Å². The Kier molecular flexibility index (Phi) is 7.36. The molecule has 0 heterocycles. The highest BCUT2D eigenvalue weighted by atomic mass is 16.5. The Labute approximate surface area is 126 Å². The Balaban J connectivity index is 0.000000885. The van der Waals surface area contributed by atoms with Gasteiger partial charge in [0.25, 0.3) is 0 Å². The van der Waals surface area contributed by atoms with E-state index >= 15 is 0 Å². The summed E-state index contributed by atoms with van der Waals surface area (Å²) in [4.78, 5) is 23.0. The molecule has 1 rings (SSSR count). The summed E-state index contributed by atoms with van der Waals surface area (Å²) in [5.41, 5.74) is -1.97. The molecule has 0 radical (unpaired) electrons. The standard InChI is InChI=1S/C12H18O5.C4H8/c1-3-6-11(9(13)14)7-4-5-8-12(11,17-2)10(15)16;1-4(2)3/h4,7H,3,5-6,8H2,1-2H3,(H,13,14)(H,15,16);1H2,2-3H3. The number of rotatable bonds is 5. The molecule has 5 heteroatoms. The summed E-state index contributed by atoms with van der Waals surface area (Å²) in [5.74, 6) is -2.35. The highest BCUT2D eigenvalue weighted by molar-refractivity contribution is 5.91. The van der Waals surface area contributed by atoms with Gasteiger partial charge in [-0.2, -0.15) is 0 Å². The van der Waals surface area contributed by atoms with Crippen molar-refractivity contribution in [3.8, 4) is 0 Å². The second kappa shape index (κ2) is 7.98. The molecule has 5 nitrogen and oxygen atoms in total. The first-order valence-electron chi connectivity index (χ1n) is 7.02. The largest absolute Gasteiger partial charge is 0.480 e. The minimum Gasteiger partial charge on any atom is -0.480 e. The molecule has 0 aromatic carbocycles. The zero-order valence-corrected chi connectivity index (χ0v) is 13.3. The Morgan fingerprint density at radius 3 is 2.14 bits per heavy atom. The van der Waals surface area contributed by atoms with E-state index in [-0.39, 0.29) is 12.8 Å². The quantitative estimate of drug-likeness (QED) is 0.761. The van der Waals surface area contributed by atoms with Crippen LogP contribution < -0.4 is 0 Å². The highest BCUT2D eigenvalue weighted by Gasteiger charge is 2.61. The van der Waals surface area contributed by atoms with Crippen molar-refractivity contribution in [1.82, 2.24) is 0 Å². The predicted molar refractivity (Wildman–Crippen MR) is 81.2 cm³/mol. The van der Waals surface area contributed by atoms with Crippen LogP contribution >= 0.6 is 0 Å². The highest BCUT2D eigenvalue weighted by Crippen LogP contribution is 2.46. The maximum Gasteiger partial charge on any atom is 0.337 e. The van der Waals surface area contributed by atoms with Gasteiger partial charge in [0.1, 0.15) is 5.41 Å². The van der Waals surface area contributed by atoms with Crippen LogP contribution in [-0.2, 0) is 14.3 Å². The van der Waals surface area contributed by atoms with Crippen LogP contribution in [0.1, 0.15) is 46.5 Å². The van der Waals surface area contributed by atoms with Crippen LogP contribution in [0.2, 0.25) is 0 Å². The second-order valence-corrected chi connectivity index (χ2v) is 5.51. The van der Waals surface area contributed by atoms with Crippen molar-refractivity contribution in [3.05, 3.63) is 24.3 Å². The third kappa shape index (κ3) is 3.94. The number of ether oxygens (including phenoxy) is 1. The number of methoxy groups -OCH3 is 1. The van der Waals surface area contributed by atoms with E-state index in [2.05, 4.69) is 6.58 Å². The number of carboxylic acid groups (broad SMARTS) is 2. The molecule has 1 aliphatic carbocycles. The molecule has 1 aliphatic rings. The molecule has 0 spiro atoms. The molecule has 2 unspecified atom stereocenters. The van der Waals surface area contributed by atoms with E-state index in [0.29, 0.717) is 12.8 Å². The zero-order chi connectivity index (χ0) is 16.7. The average molecular weight is 298 g/mol. The molecule has 0 fully saturated rings. The van der Waals surface area contributed by atoms with Crippen molar-refractivity contribution in [2.24, 2.45) is 5.41 Å². The predicted octanol–water partition coefficient (Wildman–Crippen LogP) is 3.26. The van der Waals surface area contributed by atoms with Crippen molar-refractivity contribution in [2.45, 2.75) is 52.1 Å². The minimum atomic E-state index is -1.66. The fourth-order valence-electron chi connectivity index (χ4n) is 2.63. The van der Waals surface area contributed by atoms with Crippen LogP contribution in [-0.4, -0.2) is 34.9 Å². The van der Waals surface area contributed by atoms with Crippen LogP contribution in [0.15, 0.2) is 24.3 Å². The van der Waals surface area contributed by atoms with E-state index in [0.717, 1.165) is 0 Å². The van der Waals surface area contributed by atoms with E-state index in [1.807, 2.05) is 20.8 Å². The van der Waals surface area contributed by atoms with Crippen LogP contribution in [0.5, 0.6) is 0 Å². The Morgan fingerprint density at radius 1 is 1.29 bits per heavy atom. The molecule has 0 amide bonds. The van der Waals surface area contributed by atoms with Crippen LogP contribution in [0, 0.1) is 5.41 Å². The van der Waals surface area contributed by atoms with Gasteiger partial charge in [0.15, 0.2) is 5.60 Å². The van der Waals surface area contributed by atoms with Gasteiger partial charge in [-0.15, -0.1) is 6.58 Å². The van der Waals surface area contributed by atoms with Crippen LogP contribution in [0.4, 0.5) is 0 Å². The number of hydrogen-bond acceptors (Lipinski definition) is 3. The summed E-state index contributed by atoms with van der Waals surface area (Å²) in [6, 6.07) is 0. The maximum atomic E-state index is 11.6. The molecular formula is C16H26O5. The molecule has 0 aliphatic heterocycles. The molecule has 0 aromatic heterocycles. The van der Waals surface area contributed by atoms with Gasteiger partial charge < -0.3 is 14.9 Å². The van der Waals surface area contributed by atoms with Gasteiger partial charge in [-0.3, -0.25) is 4.79 Å². The lowest BCUT2D eigenvalue weighted by Gasteiger charge is -2.44. The van der Waals surface area contributed by atoms with E-state index in [1.54, 1.807) is 6.08 Å². The molecule has 0 saturated carbocycles. The van der Waals surface area contributed by atoms with Gasteiger partial charge in [-0.1, -0.05) is 31.1 Å². The number of aliphatic carboxylic acids is 2. The van der Waals surface area contributed by atoms with Gasteiger partial charge in [0, 0.05) is 7.11 Å². The van der Waals surface area contributed by atoms with Crippen molar-refractivity contribution in [3.63, 3.8) is 0 Å². The Morgan fingerprint density at radius 2 is 1.81 bits per heavy atom. The smallest absolute Gasteiger partial charge is 0.337 e. The lowest BCUT2D eigenvalue weighted by atomic mass is 9.64. The Bertz CT molecular complexity index is 422. The lowest BCUT2D eigenvalue weighted by molar-refractivity contribution is -0.192. The van der Waals surface area contributed by atoms with Crippen LogP contribution in [0.3, 0.4) is 0 Å². The van der Waals surface area contributed by atoms with Gasteiger partial charge >= 0.3 is 11.9 Å². The van der Waals surface area contributed by atoms with Crippen molar-refractivity contribution < 1.29 is 24.5 Å². The molecular weight excluding hydrogens is 272 g/mol. The van der Waals surface area contributed by atoms with Gasteiger partial charge in [-0.25, -0.2) is 4.79 Å². The molecule has 0 bridgehead atoms. The molecule has 2 atom stereocenters. The molecule has 2 N–H and O–H groups in total. The summed E-state index contributed by atoms with van der Waals surface area (Å²) in [6.45, 7) is 9.33. The first-order chi connectivity index (χ1) is 9.70. The SMILES string of the molecule is C=C(C)C.CCCC1(C(=O)O)C=CCCC1(OC)C(=O)O. The number of allylic oxidation sites excluding steroid dienone is 2. The van der Waals surface area contributed by atoms with Crippen molar-refractivity contribution in [1.29, 1.82) is 0 Å². The number of carbonyl (C=O) groups is 2. The van der Waals surface area contributed by atoms with E-state index < -0.39 is 23.0 Å². The van der Waals surface area contributed by atoms with E-state index in [9.17, 15) is 19.8 Å². The van der Waals surface area contributed by atoms with Crippen LogP contribution in [0.25, 0.3) is 0 Å².